The highest BCUT2D eigenvalue weighted by atomic mass is 14.5. The van der Waals surface area contributed by atoms with Crippen molar-refractivity contribution >= 4 is 5.57 Å². The molecular weight excluding hydrogens is 494 g/mol. The third-order valence-corrected chi connectivity index (χ3v) is 9.22. The van der Waals surface area contributed by atoms with Crippen LogP contribution in [0.2, 0.25) is 0 Å². The van der Waals surface area contributed by atoms with Crippen LogP contribution in [0.15, 0.2) is 97.1 Å². The molecule has 1 aliphatic rings. The molecule has 41 heavy (non-hydrogen) atoms. The van der Waals surface area contributed by atoms with Crippen molar-refractivity contribution in [3.63, 3.8) is 0 Å². The molecule has 2 N–H and O–H groups in total. The number of benzene rings is 4. The molecule has 2 atom stereocenters. The van der Waals surface area contributed by atoms with Crippen LogP contribution in [-0.4, -0.2) is 6.54 Å². The molecule has 4 aromatic carbocycles. The molecule has 0 spiro atoms. The predicted octanol–water partition coefficient (Wildman–Crippen LogP) is 10.1. The van der Waals surface area contributed by atoms with E-state index < -0.39 is 0 Å². The first-order valence-corrected chi connectivity index (χ1v) is 15.5. The Kier molecular flexibility index (Phi) is 8.95. The molecule has 212 valence electrons. The van der Waals surface area contributed by atoms with Crippen LogP contribution in [0.5, 0.6) is 0 Å². The number of nitrogens with two attached hydrogens (primary N) is 1. The molecular formula is C40H47N. The van der Waals surface area contributed by atoms with Gasteiger partial charge in [-0.2, -0.15) is 0 Å². The molecule has 1 heteroatoms. The molecule has 0 radical (unpaired) electrons. The highest BCUT2D eigenvalue weighted by molar-refractivity contribution is 5.69. The normalized spacial score (nSPS) is 16.3. The van der Waals surface area contributed by atoms with Crippen LogP contribution in [-0.2, 0) is 12.8 Å². The van der Waals surface area contributed by atoms with Crippen LogP contribution in [0.25, 0.3) is 16.7 Å². The molecule has 0 aromatic heterocycles. The lowest BCUT2D eigenvalue weighted by Crippen LogP contribution is -2.21. The van der Waals surface area contributed by atoms with Crippen LogP contribution >= 0.6 is 0 Å². The van der Waals surface area contributed by atoms with Crippen molar-refractivity contribution < 1.29 is 0 Å². The largest absolute Gasteiger partial charge is 0.330 e. The standard InChI is InChI=1S/C40H47N/c1-28-6-23-38(29(2)26-28)34-15-17-36(18-16-34)39(27-31-9-7-30(8-10-31)24-25-41)35-13-11-32(12-14-35)33-19-21-37(22-20-33)40(3,4)5/h6-19,23,26,37,39H,20-22,24-25,27,41H2,1-5H3. The van der Waals surface area contributed by atoms with E-state index in [-0.39, 0.29) is 0 Å². The zero-order chi connectivity index (χ0) is 29.0. The van der Waals surface area contributed by atoms with E-state index in [1.165, 1.54) is 74.9 Å². The first-order chi connectivity index (χ1) is 19.7. The molecule has 0 saturated carbocycles. The molecule has 5 rings (SSSR count). The smallest absolute Gasteiger partial charge is 0.0130 e. The summed E-state index contributed by atoms with van der Waals surface area (Å²) >= 11 is 0. The quantitative estimate of drug-likeness (QED) is 0.236. The Bertz CT molecular complexity index is 1460. The van der Waals surface area contributed by atoms with Crippen molar-refractivity contribution in [2.45, 2.75) is 72.6 Å². The van der Waals surface area contributed by atoms with Crippen molar-refractivity contribution in [2.24, 2.45) is 17.1 Å². The summed E-state index contributed by atoms with van der Waals surface area (Å²) in [5.41, 5.74) is 19.7. The maximum Gasteiger partial charge on any atom is 0.0130 e. The SMILES string of the molecule is Cc1ccc(-c2ccc(C(Cc3ccc(CCN)cc3)c3ccc(C4=CCC(C(C)(C)C)CC4)cc3)cc2)c(C)c1. The van der Waals surface area contributed by atoms with Gasteiger partial charge in [-0.05, 0) is 114 Å². The molecule has 0 bridgehead atoms. The number of hydrogen-bond acceptors (Lipinski definition) is 1. The fourth-order valence-electron chi connectivity index (χ4n) is 6.52. The average molecular weight is 542 g/mol. The van der Waals surface area contributed by atoms with E-state index in [9.17, 15) is 0 Å². The second-order valence-corrected chi connectivity index (χ2v) is 13.2. The first-order valence-electron chi connectivity index (χ1n) is 15.5. The van der Waals surface area contributed by atoms with Gasteiger partial charge in [0.25, 0.3) is 0 Å². The Labute approximate surface area is 248 Å². The zero-order valence-electron chi connectivity index (χ0n) is 25.7. The van der Waals surface area contributed by atoms with Gasteiger partial charge < -0.3 is 5.73 Å². The van der Waals surface area contributed by atoms with E-state index in [0.29, 0.717) is 17.9 Å². The lowest BCUT2D eigenvalue weighted by molar-refractivity contribution is 0.225. The van der Waals surface area contributed by atoms with Crippen LogP contribution in [0.4, 0.5) is 0 Å². The summed E-state index contributed by atoms with van der Waals surface area (Å²) in [5, 5.41) is 0. The summed E-state index contributed by atoms with van der Waals surface area (Å²) in [6.45, 7) is 12.2. The van der Waals surface area contributed by atoms with Crippen LogP contribution in [0, 0.1) is 25.2 Å². The summed E-state index contributed by atoms with van der Waals surface area (Å²) in [7, 11) is 0. The molecule has 1 nitrogen and oxygen atoms in total. The van der Waals surface area contributed by atoms with Gasteiger partial charge in [-0.25, -0.2) is 0 Å². The lowest BCUT2D eigenvalue weighted by Gasteiger charge is -2.33. The third-order valence-electron chi connectivity index (χ3n) is 9.22. The topological polar surface area (TPSA) is 26.0 Å². The van der Waals surface area contributed by atoms with Crippen molar-refractivity contribution in [3.05, 3.63) is 136 Å². The second-order valence-electron chi connectivity index (χ2n) is 13.2. The van der Waals surface area contributed by atoms with Crippen LogP contribution in [0.3, 0.4) is 0 Å². The minimum absolute atomic E-state index is 0.295. The maximum absolute atomic E-state index is 5.79. The predicted molar refractivity (Wildman–Crippen MR) is 177 cm³/mol. The minimum Gasteiger partial charge on any atom is -0.330 e. The van der Waals surface area contributed by atoms with Crippen LogP contribution < -0.4 is 5.73 Å². The number of allylic oxidation sites excluding steroid dienone is 2. The Morgan fingerprint density at radius 3 is 1.90 bits per heavy atom. The molecule has 2 unspecified atom stereocenters. The summed E-state index contributed by atoms with van der Waals surface area (Å²) < 4.78 is 0. The van der Waals surface area contributed by atoms with Crippen molar-refractivity contribution in [3.8, 4) is 11.1 Å². The van der Waals surface area contributed by atoms with Gasteiger partial charge in [-0.15, -0.1) is 0 Å². The number of aryl methyl sites for hydroxylation is 2. The second kappa shape index (κ2) is 12.6. The van der Waals surface area contributed by atoms with Crippen molar-refractivity contribution in [2.75, 3.05) is 6.54 Å². The Balaban J connectivity index is 1.42. The summed E-state index contributed by atoms with van der Waals surface area (Å²) in [6, 6.07) is 34.5. The van der Waals surface area contributed by atoms with Gasteiger partial charge in [0.1, 0.15) is 0 Å². The highest BCUT2D eigenvalue weighted by Gasteiger charge is 2.26. The number of rotatable bonds is 8. The summed E-state index contributed by atoms with van der Waals surface area (Å²) in [5.74, 6) is 1.07. The Hall–Kier alpha value is -3.42. The highest BCUT2D eigenvalue weighted by Crippen LogP contribution is 2.40. The molecule has 0 heterocycles. The van der Waals surface area contributed by atoms with E-state index in [2.05, 4.69) is 132 Å². The zero-order valence-corrected chi connectivity index (χ0v) is 25.7. The molecule has 0 fully saturated rings. The summed E-state index contributed by atoms with van der Waals surface area (Å²) in [4.78, 5) is 0. The van der Waals surface area contributed by atoms with Gasteiger partial charge >= 0.3 is 0 Å². The average Bonchev–Trinajstić information content (AvgIpc) is 2.97. The third kappa shape index (κ3) is 7.08. The van der Waals surface area contributed by atoms with Gasteiger partial charge in [0.15, 0.2) is 0 Å². The van der Waals surface area contributed by atoms with E-state index in [0.717, 1.165) is 18.8 Å². The first kappa shape index (κ1) is 29.1. The molecule has 1 aliphatic carbocycles. The maximum atomic E-state index is 5.79. The number of hydrogen-bond donors (Lipinski definition) is 1. The molecule has 0 amide bonds. The van der Waals surface area contributed by atoms with Gasteiger partial charge in [0, 0.05) is 5.92 Å². The van der Waals surface area contributed by atoms with Crippen molar-refractivity contribution in [1.29, 1.82) is 0 Å². The summed E-state index contributed by atoms with van der Waals surface area (Å²) in [6.07, 6.45) is 8.06. The van der Waals surface area contributed by atoms with E-state index in [1.807, 2.05) is 0 Å². The fourth-order valence-corrected chi connectivity index (χ4v) is 6.52. The Morgan fingerprint density at radius 1 is 0.756 bits per heavy atom. The van der Waals surface area contributed by atoms with E-state index in [4.69, 9.17) is 5.73 Å². The lowest BCUT2D eigenvalue weighted by atomic mass is 9.72. The monoisotopic (exact) mass is 541 g/mol. The van der Waals surface area contributed by atoms with Crippen molar-refractivity contribution in [1.82, 2.24) is 0 Å². The Morgan fingerprint density at radius 2 is 1.37 bits per heavy atom. The van der Waals surface area contributed by atoms with Gasteiger partial charge in [0.05, 0.1) is 0 Å². The fraction of sp³-hybridized carbons (Fsp3) is 0.350. The molecule has 0 aliphatic heterocycles. The minimum atomic E-state index is 0.295. The van der Waals surface area contributed by atoms with Gasteiger partial charge in [-0.1, -0.05) is 123 Å². The molecule has 0 saturated heterocycles. The van der Waals surface area contributed by atoms with E-state index >= 15 is 0 Å². The van der Waals surface area contributed by atoms with Gasteiger partial charge in [0.2, 0.25) is 0 Å². The van der Waals surface area contributed by atoms with E-state index in [1.54, 1.807) is 0 Å². The van der Waals surface area contributed by atoms with Gasteiger partial charge in [-0.3, -0.25) is 0 Å². The van der Waals surface area contributed by atoms with Crippen LogP contribution in [0.1, 0.15) is 84.9 Å². The molecule has 4 aromatic rings.